The molecule has 0 spiro atoms. The summed E-state index contributed by atoms with van der Waals surface area (Å²) in [6.45, 7) is 16.8. The van der Waals surface area contributed by atoms with Crippen molar-refractivity contribution >= 4 is 11.9 Å². The van der Waals surface area contributed by atoms with Crippen LogP contribution in [0, 0.1) is 50.2 Å². The number of carboxylic acids is 1. The SMILES string of the molecule is COC(=O)[C@H]1O[C@@H](O[C@H]2CC[C@]3(C)[C@H]4CC=C5[C@@H]6CC(C)(C)CC[C@]6(C(=O)O)CC[C@@]5(C)[C@]4(C)CC[C@H]3C2(C)C)[C@H](O[C@@H]2O[C@H](CO)[C@@H](O)[C@H](O)[C@H]2O[C@@H]2O[C@@H](C)[C@H](O)[C@@H](O)[C@H]2O)[C@@H](O)[C@@H]1O. The second-order valence-corrected chi connectivity index (χ2v) is 23.7. The van der Waals surface area contributed by atoms with E-state index >= 15 is 0 Å². The van der Waals surface area contributed by atoms with Crippen LogP contribution in [0.3, 0.4) is 0 Å². The van der Waals surface area contributed by atoms with E-state index in [0.717, 1.165) is 52.1 Å². The fraction of sp³-hybridized carbons (Fsp3) is 0.918. The van der Waals surface area contributed by atoms with Crippen LogP contribution in [0.25, 0.3) is 0 Å². The molecular formula is C49H78O18. The summed E-state index contributed by atoms with van der Waals surface area (Å²) in [7, 11) is 1.11. The number of aliphatic hydroxyl groups is 8. The smallest absolute Gasteiger partial charge is 0.337 e. The van der Waals surface area contributed by atoms with Crippen molar-refractivity contribution < 1.29 is 88.7 Å². The summed E-state index contributed by atoms with van der Waals surface area (Å²) >= 11 is 0. The summed E-state index contributed by atoms with van der Waals surface area (Å²) in [4.78, 5) is 26.2. The number of rotatable bonds is 9. The zero-order chi connectivity index (χ0) is 49.1. The number of carboxylic acid groups (broad SMARTS) is 1. The molecule has 0 bridgehead atoms. The second-order valence-electron chi connectivity index (χ2n) is 23.7. The van der Waals surface area contributed by atoms with Crippen LogP contribution >= 0.6 is 0 Å². The standard InChI is InChI=1S/C49H78O18/c1-22-29(51)31(53)35(57)40(62-22)66-37-32(54)30(52)25(21-50)63-41(37)67-38-34(56)33(55)36(39(58)61-9)65-42(38)64-28-13-14-46(6)26(45(28,4)5)12-15-48(8)27(46)11-10-23-24-20-44(2,3)16-18-49(24,43(59)60)19-17-47(23,48)7/h10,22,24-38,40-42,50-57H,11-21H2,1-9H3,(H,59,60)/t22-,24-,25+,26-,27+,28-,29-,30+,31+,32-,33-,34-,35+,36-,37+,38+,40-,41-,42+,46-,47+,48+,49-/m0/s1. The van der Waals surface area contributed by atoms with Crippen LogP contribution < -0.4 is 0 Å². The Bertz CT molecular complexity index is 1880. The number of fused-ring (bicyclic) bond motifs is 7. The van der Waals surface area contributed by atoms with Crippen molar-refractivity contribution in [3.05, 3.63) is 11.6 Å². The Kier molecular flexibility index (Phi) is 13.8. The molecule has 0 aromatic rings. The van der Waals surface area contributed by atoms with Gasteiger partial charge in [0.1, 0.15) is 61.0 Å². The summed E-state index contributed by atoms with van der Waals surface area (Å²) < 4.78 is 41.7. The minimum Gasteiger partial charge on any atom is -0.481 e. The molecule has 23 atom stereocenters. The maximum Gasteiger partial charge on any atom is 0.337 e. The third-order valence-electron chi connectivity index (χ3n) is 19.5. The van der Waals surface area contributed by atoms with Gasteiger partial charge in [0.2, 0.25) is 0 Å². The quantitative estimate of drug-likeness (QED) is 0.0907. The molecule has 382 valence electrons. The third kappa shape index (κ3) is 8.07. The number of carbonyl (C=O) groups is 2. The van der Waals surface area contributed by atoms with Gasteiger partial charge in [-0.3, -0.25) is 4.79 Å². The summed E-state index contributed by atoms with van der Waals surface area (Å²) in [5.74, 6) is -1.24. The predicted octanol–water partition coefficient (Wildman–Crippen LogP) is 1.91. The third-order valence-corrected chi connectivity index (χ3v) is 19.5. The lowest BCUT2D eigenvalue weighted by molar-refractivity contribution is -0.395. The van der Waals surface area contributed by atoms with Crippen molar-refractivity contribution in [3.63, 3.8) is 0 Å². The number of aliphatic hydroxyl groups excluding tert-OH is 8. The van der Waals surface area contributed by atoms with E-state index in [-0.39, 0.29) is 39.4 Å². The first-order valence-electron chi connectivity index (χ1n) is 24.5. The van der Waals surface area contributed by atoms with Crippen molar-refractivity contribution in [2.45, 2.75) is 218 Å². The Labute approximate surface area is 393 Å². The molecule has 3 saturated heterocycles. The van der Waals surface area contributed by atoms with Crippen LogP contribution in [0.1, 0.15) is 120 Å². The Hall–Kier alpha value is -1.88. The van der Waals surface area contributed by atoms with Gasteiger partial charge in [0.25, 0.3) is 0 Å². The maximum atomic E-state index is 13.2. The molecule has 0 unspecified atom stereocenters. The highest BCUT2D eigenvalue weighted by atomic mass is 16.8. The van der Waals surface area contributed by atoms with E-state index in [4.69, 9.17) is 33.2 Å². The van der Waals surface area contributed by atoms with E-state index in [2.05, 4.69) is 54.5 Å². The van der Waals surface area contributed by atoms with E-state index in [0.29, 0.717) is 19.3 Å². The van der Waals surface area contributed by atoms with Crippen molar-refractivity contribution in [3.8, 4) is 0 Å². The molecule has 0 amide bonds. The van der Waals surface area contributed by atoms with Crippen molar-refractivity contribution in [2.75, 3.05) is 13.7 Å². The Morgan fingerprint density at radius 1 is 0.687 bits per heavy atom. The minimum atomic E-state index is -1.91. The molecule has 7 fully saturated rings. The predicted molar refractivity (Wildman–Crippen MR) is 234 cm³/mol. The average molecular weight is 955 g/mol. The topological polar surface area (TPSA) is 281 Å². The number of ether oxygens (including phenoxy) is 7. The van der Waals surface area contributed by atoms with Gasteiger partial charge in [-0.15, -0.1) is 0 Å². The highest BCUT2D eigenvalue weighted by molar-refractivity contribution is 5.77. The first-order valence-corrected chi connectivity index (χ1v) is 24.5. The molecule has 0 radical (unpaired) electrons. The number of esters is 1. The molecule has 3 aliphatic heterocycles. The molecule has 18 heteroatoms. The van der Waals surface area contributed by atoms with Gasteiger partial charge in [-0.2, -0.15) is 0 Å². The number of hydrogen-bond acceptors (Lipinski definition) is 17. The highest BCUT2D eigenvalue weighted by Gasteiger charge is 2.70. The van der Waals surface area contributed by atoms with Gasteiger partial charge in [0.15, 0.2) is 25.0 Å². The van der Waals surface area contributed by atoms with Crippen molar-refractivity contribution in [2.24, 2.45) is 50.2 Å². The van der Waals surface area contributed by atoms with Gasteiger partial charge in [-0.25, -0.2) is 4.79 Å². The average Bonchev–Trinajstić information content (AvgIpc) is 3.27. The second kappa shape index (κ2) is 18.0. The van der Waals surface area contributed by atoms with Gasteiger partial charge in [0.05, 0.1) is 31.3 Å². The highest BCUT2D eigenvalue weighted by Crippen LogP contribution is 2.76. The van der Waals surface area contributed by atoms with Gasteiger partial charge in [0, 0.05) is 0 Å². The van der Waals surface area contributed by atoms with Crippen LogP contribution in [-0.4, -0.2) is 170 Å². The van der Waals surface area contributed by atoms with Gasteiger partial charge in [-0.05, 0) is 116 Å². The van der Waals surface area contributed by atoms with E-state index in [1.807, 2.05) is 0 Å². The van der Waals surface area contributed by atoms with Crippen LogP contribution in [0.15, 0.2) is 11.6 Å². The molecule has 8 aliphatic rings. The zero-order valence-electron chi connectivity index (χ0n) is 40.5. The summed E-state index contributed by atoms with van der Waals surface area (Å²) in [6, 6.07) is 0. The molecule has 18 nitrogen and oxygen atoms in total. The Morgan fingerprint density at radius 2 is 1.31 bits per heavy atom. The lowest BCUT2D eigenvalue weighted by atomic mass is 9.33. The summed E-state index contributed by atoms with van der Waals surface area (Å²) in [6.07, 6.45) is -15.3. The Balaban J connectivity index is 1.07. The Morgan fingerprint density at radius 3 is 1.96 bits per heavy atom. The van der Waals surface area contributed by atoms with Crippen LogP contribution in [-0.2, 0) is 42.7 Å². The minimum absolute atomic E-state index is 0.00811. The molecular weight excluding hydrogens is 877 g/mol. The molecule has 0 aromatic heterocycles. The molecule has 0 aromatic carbocycles. The molecule has 8 rings (SSSR count). The number of aliphatic carboxylic acids is 1. The van der Waals surface area contributed by atoms with Gasteiger partial charge >= 0.3 is 11.9 Å². The van der Waals surface area contributed by atoms with Gasteiger partial charge in [-0.1, -0.05) is 60.1 Å². The summed E-state index contributed by atoms with van der Waals surface area (Å²) in [5, 5.41) is 97.9. The summed E-state index contributed by atoms with van der Waals surface area (Å²) in [5.41, 5.74) is -0.320. The molecule has 67 heavy (non-hydrogen) atoms. The largest absolute Gasteiger partial charge is 0.481 e. The van der Waals surface area contributed by atoms with E-state index < -0.39 is 128 Å². The van der Waals surface area contributed by atoms with Crippen LogP contribution in [0.4, 0.5) is 0 Å². The number of methoxy groups -OCH3 is 1. The molecule has 3 heterocycles. The first-order chi connectivity index (χ1) is 31.2. The van der Waals surface area contributed by atoms with Gasteiger partial charge < -0.3 is 79.1 Å². The lowest BCUT2D eigenvalue weighted by Crippen LogP contribution is -2.68. The normalized spacial score (nSPS) is 52.6. The number of allylic oxidation sites excluding steroid dienone is 2. The molecule has 4 saturated carbocycles. The number of hydrogen-bond donors (Lipinski definition) is 9. The molecule has 9 N–H and O–H groups in total. The number of carbonyl (C=O) groups excluding carboxylic acids is 1. The van der Waals surface area contributed by atoms with Crippen LogP contribution in [0.5, 0.6) is 0 Å². The monoisotopic (exact) mass is 955 g/mol. The maximum absolute atomic E-state index is 13.2. The fourth-order valence-corrected chi connectivity index (χ4v) is 15.2. The van der Waals surface area contributed by atoms with Crippen molar-refractivity contribution in [1.82, 2.24) is 0 Å². The zero-order valence-corrected chi connectivity index (χ0v) is 40.5. The van der Waals surface area contributed by atoms with Crippen LogP contribution in [0.2, 0.25) is 0 Å². The molecule has 5 aliphatic carbocycles. The fourth-order valence-electron chi connectivity index (χ4n) is 15.2. The lowest BCUT2D eigenvalue weighted by Gasteiger charge is -2.71. The first kappa shape index (κ1) is 51.5. The van der Waals surface area contributed by atoms with E-state index in [1.54, 1.807) is 0 Å². The van der Waals surface area contributed by atoms with E-state index in [1.165, 1.54) is 12.5 Å². The van der Waals surface area contributed by atoms with E-state index in [9.17, 15) is 55.5 Å². The van der Waals surface area contributed by atoms with Crippen molar-refractivity contribution in [1.29, 1.82) is 0 Å².